The summed E-state index contributed by atoms with van der Waals surface area (Å²) in [7, 11) is 0. The molecule has 1 nitrogen and oxygen atoms in total. The fourth-order valence-electron chi connectivity index (χ4n) is 2.74. The van der Waals surface area contributed by atoms with Crippen LogP contribution in [0.1, 0.15) is 48.6 Å². The lowest BCUT2D eigenvalue weighted by atomic mass is 9.94. The van der Waals surface area contributed by atoms with Crippen LogP contribution in [0.3, 0.4) is 0 Å². The van der Waals surface area contributed by atoms with Crippen LogP contribution < -0.4 is 5.32 Å². The van der Waals surface area contributed by atoms with Gasteiger partial charge in [0.15, 0.2) is 0 Å². The van der Waals surface area contributed by atoms with Crippen molar-refractivity contribution in [3.8, 4) is 0 Å². The average molecular weight is 281 g/mol. The van der Waals surface area contributed by atoms with E-state index in [-0.39, 0.29) is 0 Å². The first-order valence-corrected chi connectivity index (χ1v) is 8.11. The SMILES string of the molecule is CCCNC(Cc1ccc(CC)cc1)c1ccccc1C. The molecule has 0 aromatic heterocycles. The van der Waals surface area contributed by atoms with E-state index in [0.717, 1.165) is 25.8 Å². The molecular formula is C20H27N. The van der Waals surface area contributed by atoms with Crippen molar-refractivity contribution in [1.82, 2.24) is 5.32 Å². The fourth-order valence-corrected chi connectivity index (χ4v) is 2.74. The third-order valence-electron chi connectivity index (χ3n) is 4.08. The molecule has 0 aliphatic rings. The Morgan fingerprint density at radius 3 is 2.19 bits per heavy atom. The summed E-state index contributed by atoms with van der Waals surface area (Å²) in [6.07, 6.45) is 3.32. The molecule has 0 radical (unpaired) electrons. The molecule has 1 N–H and O–H groups in total. The summed E-state index contributed by atoms with van der Waals surface area (Å²) in [5, 5.41) is 3.70. The summed E-state index contributed by atoms with van der Waals surface area (Å²) in [5.41, 5.74) is 5.61. The van der Waals surface area contributed by atoms with Gasteiger partial charge in [0.2, 0.25) is 0 Å². The van der Waals surface area contributed by atoms with E-state index in [9.17, 15) is 0 Å². The monoisotopic (exact) mass is 281 g/mol. The molecule has 1 unspecified atom stereocenters. The Kier molecular flexibility index (Phi) is 6.01. The summed E-state index contributed by atoms with van der Waals surface area (Å²) in [6, 6.07) is 18.2. The van der Waals surface area contributed by atoms with Crippen molar-refractivity contribution in [3.05, 3.63) is 70.8 Å². The zero-order valence-electron chi connectivity index (χ0n) is 13.5. The molecule has 2 rings (SSSR count). The molecule has 0 amide bonds. The van der Waals surface area contributed by atoms with Crippen molar-refractivity contribution in [1.29, 1.82) is 0 Å². The lowest BCUT2D eigenvalue weighted by Crippen LogP contribution is -2.24. The first kappa shape index (κ1) is 15.8. The van der Waals surface area contributed by atoms with Crippen LogP contribution >= 0.6 is 0 Å². The van der Waals surface area contributed by atoms with Crippen LogP contribution in [0.15, 0.2) is 48.5 Å². The van der Waals surface area contributed by atoms with E-state index >= 15 is 0 Å². The number of nitrogens with one attached hydrogen (secondary N) is 1. The summed E-state index contributed by atoms with van der Waals surface area (Å²) < 4.78 is 0. The van der Waals surface area contributed by atoms with E-state index in [4.69, 9.17) is 0 Å². The smallest absolute Gasteiger partial charge is 0.0363 e. The molecule has 2 aromatic rings. The van der Waals surface area contributed by atoms with Crippen molar-refractivity contribution in [2.75, 3.05) is 6.54 Å². The molecule has 112 valence electrons. The van der Waals surface area contributed by atoms with Gasteiger partial charge in [0.25, 0.3) is 0 Å². The van der Waals surface area contributed by atoms with Gasteiger partial charge in [-0.15, -0.1) is 0 Å². The van der Waals surface area contributed by atoms with Crippen LogP contribution in [0.5, 0.6) is 0 Å². The molecule has 1 heteroatoms. The average Bonchev–Trinajstić information content (AvgIpc) is 2.53. The molecule has 1 atom stereocenters. The molecule has 0 aliphatic heterocycles. The Morgan fingerprint density at radius 2 is 1.57 bits per heavy atom. The second-order valence-corrected chi connectivity index (χ2v) is 5.74. The normalized spacial score (nSPS) is 12.3. The molecule has 0 saturated carbocycles. The molecule has 0 spiro atoms. The standard InChI is InChI=1S/C20H27N/c1-4-14-21-20(19-9-7-6-8-16(19)3)15-18-12-10-17(5-2)11-13-18/h6-13,20-21H,4-5,14-15H2,1-3H3. The van der Waals surface area contributed by atoms with Gasteiger partial charge in [-0.25, -0.2) is 0 Å². The van der Waals surface area contributed by atoms with Crippen LogP contribution in [-0.4, -0.2) is 6.54 Å². The summed E-state index contributed by atoms with van der Waals surface area (Å²) in [6.45, 7) is 7.69. The van der Waals surface area contributed by atoms with Gasteiger partial charge >= 0.3 is 0 Å². The van der Waals surface area contributed by atoms with Crippen LogP contribution in [0.4, 0.5) is 0 Å². The minimum Gasteiger partial charge on any atom is -0.310 e. The van der Waals surface area contributed by atoms with Crippen LogP contribution in [0, 0.1) is 6.92 Å². The Bertz CT molecular complexity index is 542. The zero-order valence-corrected chi connectivity index (χ0v) is 13.5. The van der Waals surface area contributed by atoms with E-state index < -0.39 is 0 Å². The highest BCUT2D eigenvalue weighted by molar-refractivity contribution is 5.31. The molecule has 0 bridgehead atoms. The van der Waals surface area contributed by atoms with Gasteiger partial charge < -0.3 is 5.32 Å². The highest BCUT2D eigenvalue weighted by atomic mass is 14.9. The van der Waals surface area contributed by atoms with Crippen molar-refractivity contribution >= 4 is 0 Å². The van der Waals surface area contributed by atoms with Crippen molar-refractivity contribution in [2.24, 2.45) is 0 Å². The highest BCUT2D eigenvalue weighted by Gasteiger charge is 2.13. The van der Waals surface area contributed by atoms with Crippen LogP contribution in [0.25, 0.3) is 0 Å². The number of hydrogen-bond acceptors (Lipinski definition) is 1. The van der Waals surface area contributed by atoms with Gasteiger partial charge in [0, 0.05) is 6.04 Å². The molecule has 0 fully saturated rings. The Balaban J connectivity index is 2.17. The third kappa shape index (κ3) is 4.44. The van der Waals surface area contributed by atoms with E-state index in [0.29, 0.717) is 6.04 Å². The highest BCUT2D eigenvalue weighted by Crippen LogP contribution is 2.22. The maximum Gasteiger partial charge on any atom is 0.0363 e. The van der Waals surface area contributed by atoms with Gasteiger partial charge in [-0.2, -0.15) is 0 Å². The first-order valence-electron chi connectivity index (χ1n) is 8.11. The lowest BCUT2D eigenvalue weighted by Gasteiger charge is -2.21. The second kappa shape index (κ2) is 7.99. The Hall–Kier alpha value is -1.60. The number of benzene rings is 2. The topological polar surface area (TPSA) is 12.0 Å². The molecular weight excluding hydrogens is 254 g/mol. The van der Waals surface area contributed by atoms with Gasteiger partial charge in [-0.05, 0) is 55.0 Å². The van der Waals surface area contributed by atoms with Crippen molar-refractivity contribution < 1.29 is 0 Å². The minimum atomic E-state index is 0.402. The zero-order chi connectivity index (χ0) is 15.1. The van der Waals surface area contributed by atoms with E-state index in [1.54, 1.807) is 0 Å². The van der Waals surface area contributed by atoms with Crippen LogP contribution in [0.2, 0.25) is 0 Å². The van der Waals surface area contributed by atoms with Gasteiger partial charge in [-0.1, -0.05) is 62.4 Å². The van der Waals surface area contributed by atoms with Crippen LogP contribution in [-0.2, 0) is 12.8 Å². The summed E-state index contributed by atoms with van der Waals surface area (Å²) in [4.78, 5) is 0. The maximum atomic E-state index is 3.70. The predicted octanol–water partition coefficient (Wildman–Crippen LogP) is 4.84. The van der Waals surface area contributed by atoms with Gasteiger partial charge in [0.1, 0.15) is 0 Å². The number of aryl methyl sites for hydroxylation is 2. The van der Waals surface area contributed by atoms with E-state index in [2.05, 4.69) is 74.6 Å². The van der Waals surface area contributed by atoms with E-state index in [1.807, 2.05) is 0 Å². The summed E-state index contributed by atoms with van der Waals surface area (Å²) >= 11 is 0. The number of rotatable bonds is 7. The lowest BCUT2D eigenvalue weighted by molar-refractivity contribution is 0.527. The molecule has 0 aliphatic carbocycles. The van der Waals surface area contributed by atoms with Crippen molar-refractivity contribution in [2.45, 2.75) is 46.1 Å². The molecule has 21 heavy (non-hydrogen) atoms. The first-order chi connectivity index (χ1) is 10.2. The molecule has 0 saturated heterocycles. The number of hydrogen-bond donors (Lipinski definition) is 1. The second-order valence-electron chi connectivity index (χ2n) is 5.74. The third-order valence-corrected chi connectivity index (χ3v) is 4.08. The quantitative estimate of drug-likeness (QED) is 0.765. The Labute approximate surface area is 129 Å². The molecule has 2 aromatic carbocycles. The predicted molar refractivity (Wildman–Crippen MR) is 91.7 cm³/mol. The summed E-state index contributed by atoms with van der Waals surface area (Å²) in [5.74, 6) is 0. The van der Waals surface area contributed by atoms with Crippen molar-refractivity contribution in [3.63, 3.8) is 0 Å². The minimum absolute atomic E-state index is 0.402. The maximum absolute atomic E-state index is 3.70. The largest absolute Gasteiger partial charge is 0.310 e. The van der Waals surface area contributed by atoms with Gasteiger partial charge in [-0.3, -0.25) is 0 Å². The fraction of sp³-hybridized carbons (Fsp3) is 0.400. The molecule has 0 heterocycles. The van der Waals surface area contributed by atoms with Gasteiger partial charge in [0.05, 0.1) is 0 Å². The van der Waals surface area contributed by atoms with E-state index in [1.165, 1.54) is 22.3 Å². The Morgan fingerprint density at radius 1 is 0.905 bits per heavy atom.